The first-order chi connectivity index (χ1) is 13.8. The predicted molar refractivity (Wildman–Crippen MR) is 116 cm³/mol. The lowest BCUT2D eigenvalue weighted by Crippen LogP contribution is -2.48. The van der Waals surface area contributed by atoms with Gasteiger partial charge in [0.05, 0.1) is 30.0 Å². The SMILES string of the molecule is COc1ccc(N([C@H](C)C(=O)N[C@H](C)c2ccc(S(C)(=O)=O)cc2)S(C)(=O)=O)cc1. The number of carbonyl (C=O) groups is 1. The molecule has 2 aromatic rings. The lowest BCUT2D eigenvalue weighted by atomic mass is 10.1. The smallest absolute Gasteiger partial charge is 0.244 e. The number of sulfone groups is 1. The molecule has 2 aromatic carbocycles. The normalized spacial score (nSPS) is 13.9. The molecule has 0 aromatic heterocycles. The number of benzene rings is 2. The Bertz CT molecular complexity index is 1090. The molecule has 2 atom stereocenters. The Hall–Kier alpha value is -2.59. The van der Waals surface area contributed by atoms with E-state index in [1.807, 2.05) is 0 Å². The Morgan fingerprint density at radius 3 is 1.90 bits per heavy atom. The van der Waals surface area contributed by atoms with Gasteiger partial charge in [0.25, 0.3) is 0 Å². The molecule has 10 heteroatoms. The Kier molecular flexibility index (Phi) is 7.14. The van der Waals surface area contributed by atoms with Crippen molar-refractivity contribution in [2.45, 2.75) is 30.8 Å². The molecule has 0 spiro atoms. The number of hydrogen-bond acceptors (Lipinski definition) is 6. The van der Waals surface area contributed by atoms with Crippen molar-refractivity contribution < 1.29 is 26.4 Å². The van der Waals surface area contributed by atoms with Gasteiger partial charge in [0.15, 0.2) is 9.84 Å². The molecule has 0 saturated heterocycles. The molecule has 0 radical (unpaired) electrons. The van der Waals surface area contributed by atoms with Crippen LogP contribution in [0.3, 0.4) is 0 Å². The van der Waals surface area contributed by atoms with Crippen molar-refractivity contribution in [2.24, 2.45) is 0 Å². The van der Waals surface area contributed by atoms with E-state index in [0.717, 1.165) is 16.8 Å². The van der Waals surface area contributed by atoms with Crippen LogP contribution in [0, 0.1) is 0 Å². The van der Waals surface area contributed by atoms with Crippen LogP contribution in [-0.4, -0.2) is 48.4 Å². The fourth-order valence-corrected chi connectivity index (χ4v) is 4.76. The van der Waals surface area contributed by atoms with E-state index < -0.39 is 37.9 Å². The van der Waals surface area contributed by atoms with Crippen LogP contribution >= 0.6 is 0 Å². The van der Waals surface area contributed by atoms with E-state index in [1.165, 1.54) is 26.2 Å². The molecule has 164 valence electrons. The third-order valence-electron chi connectivity index (χ3n) is 4.58. The van der Waals surface area contributed by atoms with E-state index in [4.69, 9.17) is 4.74 Å². The van der Waals surface area contributed by atoms with Crippen LogP contribution in [-0.2, 0) is 24.7 Å². The molecule has 0 aliphatic heterocycles. The van der Waals surface area contributed by atoms with Gasteiger partial charge in [-0.05, 0) is 55.8 Å². The molecule has 0 saturated carbocycles. The Labute approximate surface area is 177 Å². The van der Waals surface area contributed by atoms with E-state index in [-0.39, 0.29) is 4.90 Å². The standard InChI is InChI=1S/C20H26N2O6S2/c1-14(16-6-12-19(13-7-16)29(4,24)25)21-20(23)15(2)22(30(5,26)27)17-8-10-18(28-3)11-9-17/h6-15H,1-5H3,(H,21,23)/t14-,15-/m1/s1. The van der Waals surface area contributed by atoms with Gasteiger partial charge in [0, 0.05) is 6.26 Å². The number of carbonyl (C=O) groups excluding carboxylic acids is 1. The second-order valence-corrected chi connectivity index (χ2v) is 10.9. The summed E-state index contributed by atoms with van der Waals surface area (Å²) < 4.78 is 54.1. The van der Waals surface area contributed by atoms with Crippen LogP contribution in [0.25, 0.3) is 0 Å². The Balaban J connectivity index is 2.22. The maximum absolute atomic E-state index is 12.8. The first kappa shape index (κ1) is 23.7. The zero-order valence-electron chi connectivity index (χ0n) is 17.5. The quantitative estimate of drug-likeness (QED) is 0.654. The van der Waals surface area contributed by atoms with Gasteiger partial charge in [-0.3, -0.25) is 9.10 Å². The monoisotopic (exact) mass is 454 g/mol. The summed E-state index contributed by atoms with van der Waals surface area (Å²) >= 11 is 0. The minimum Gasteiger partial charge on any atom is -0.497 e. The number of amides is 1. The van der Waals surface area contributed by atoms with Crippen molar-refractivity contribution in [2.75, 3.05) is 23.9 Å². The van der Waals surface area contributed by atoms with Gasteiger partial charge in [-0.2, -0.15) is 0 Å². The molecule has 30 heavy (non-hydrogen) atoms. The van der Waals surface area contributed by atoms with Crippen molar-refractivity contribution in [3.05, 3.63) is 54.1 Å². The number of rotatable bonds is 8. The molecule has 1 amide bonds. The van der Waals surface area contributed by atoms with Gasteiger partial charge in [0.1, 0.15) is 11.8 Å². The van der Waals surface area contributed by atoms with Gasteiger partial charge in [-0.15, -0.1) is 0 Å². The second-order valence-electron chi connectivity index (χ2n) is 7.00. The average molecular weight is 455 g/mol. The number of nitrogens with one attached hydrogen (secondary N) is 1. The van der Waals surface area contributed by atoms with Crippen LogP contribution in [0.15, 0.2) is 53.4 Å². The van der Waals surface area contributed by atoms with Crippen LogP contribution in [0.5, 0.6) is 5.75 Å². The van der Waals surface area contributed by atoms with Gasteiger partial charge in [0.2, 0.25) is 15.9 Å². The van der Waals surface area contributed by atoms with Gasteiger partial charge in [-0.25, -0.2) is 16.8 Å². The molecule has 0 aliphatic carbocycles. The largest absolute Gasteiger partial charge is 0.497 e. The molecular formula is C20H26N2O6S2. The number of hydrogen-bond donors (Lipinski definition) is 1. The highest BCUT2D eigenvalue weighted by Gasteiger charge is 2.30. The molecule has 2 rings (SSSR count). The minimum atomic E-state index is -3.74. The summed E-state index contributed by atoms with van der Waals surface area (Å²) in [5, 5.41) is 2.78. The fourth-order valence-electron chi connectivity index (χ4n) is 2.96. The summed E-state index contributed by atoms with van der Waals surface area (Å²) in [6.45, 7) is 3.23. The van der Waals surface area contributed by atoms with Crippen molar-refractivity contribution in [3.63, 3.8) is 0 Å². The van der Waals surface area contributed by atoms with E-state index in [9.17, 15) is 21.6 Å². The Morgan fingerprint density at radius 2 is 1.47 bits per heavy atom. The van der Waals surface area contributed by atoms with Crippen LogP contribution < -0.4 is 14.4 Å². The highest BCUT2D eigenvalue weighted by Crippen LogP contribution is 2.24. The lowest BCUT2D eigenvalue weighted by molar-refractivity contribution is -0.122. The average Bonchev–Trinajstić information content (AvgIpc) is 2.66. The van der Waals surface area contributed by atoms with Crippen molar-refractivity contribution in [1.29, 1.82) is 0 Å². The molecule has 0 bridgehead atoms. The molecule has 1 N–H and O–H groups in total. The highest BCUT2D eigenvalue weighted by molar-refractivity contribution is 7.92. The number of sulfonamides is 1. The van der Waals surface area contributed by atoms with Crippen LogP contribution in [0.1, 0.15) is 25.5 Å². The van der Waals surface area contributed by atoms with E-state index in [0.29, 0.717) is 17.0 Å². The summed E-state index contributed by atoms with van der Waals surface area (Å²) in [6, 6.07) is 11.1. The van der Waals surface area contributed by atoms with E-state index in [1.54, 1.807) is 43.3 Å². The molecule has 0 aliphatic rings. The molecule has 0 fully saturated rings. The fraction of sp³-hybridized carbons (Fsp3) is 0.350. The van der Waals surface area contributed by atoms with Crippen molar-refractivity contribution in [1.82, 2.24) is 5.32 Å². The van der Waals surface area contributed by atoms with Gasteiger partial charge in [-0.1, -0.05) is 12.1 Å². The second kappa shape index (κ2) is 9.05. The van der Waals surface area contributed by atoms with Gasteiger partial charge < -0.3 is 10.1 Å². The van der Waals surface area contributed by atoms with E-state index in [2.05, 4.69) is 5.32 Å². The highest BCUT2D eigenvalue weighted by atomic mass is 32.2. The Morgan fingerprint density at radius 1 is 0.933 bits per heavy atom. The van der Waals surface area contributed by atoms with Crippen molar-refractivity contribution in [3.8, 4) is 5.75 Å². The van der Waals surface area contributed by atoms with Crippen molar-refractivity contribution >= 4 is 31.5 Å². The lowest BCUT2D eigenvalue weighted by Gasteiger charge is -2.29. The van der Waals surface area contributed by atoms with Crippen LogP contribution in [0.2, 0.25) is 0 Å². The topological polar surface area (TPSA) is 110 Å². The zero-order valence-corrected chi connectivity index (χ0v) is 19.1. The number of methoxy groups -OCH3 is 1. The summed E-state index contributed by atoms with van der Waals surface area (Å²) in [5.41, 5.74) is 1.03. The number of nitrogens with zero attached hydrogens (tertiary/aromatic N) is 1. The number of ether oxygens (including phenoxy) is 1. The van der Waals surface area contributed by atoms with Gasteiger partial charge >= 0.3 is 0 Å². The summed E-state index contributed by atoms with van der Waals surface area (Å²) in [7, 11) is -5.55. The molecular weight excluding hydrogens is 428 g/mol. The summed E-state index contributed by atoms with van der Waals surface area (Å²) in [6.07, 6.45) is 2.15. The summed E-state index contributed by atoms with van der Waals surface area (Å²) in [4.78, 5) is 13.0. The maximum Gasteiger partial charge on any atom is 0.244 e. The van der Waals surface area contributed by atoms with Crippen LogP contribution in [0.4, 0.5) is 5.69 Å². The first-order valence-electron chi connectivity index (χ1n) is 9.08. The maximum atomic E-state index is 12.8. The molecule has 8 nitrogen and oxygen atoms in total. The molecule has 0 unspecified atom stereocenters. The summed E-state index contributed by atoms with van der Waals surface area (Å²) in [5.74, 6) is 0.0754. The first-order valence-corrected chi connectivity index (χ1v) is 12.8. The zero-order chi connectivity index (χ0) is 22.7. The number of anilines is 1. The molecule has 0 heterocycles. The predicted octanol–water partition coefficient (Wildman–Crippen LogP) is 2.13. The third kappa shape index (κ3) is 5.73. The minimum absolute atomic E-state index is 0.181. The third-order valence-corrected chi connectivity index (χ3v) is 6.95. The van der Waals surface area contributed by atoms with E-state index >= 15 is 0 Å².